The second-order valence-electron chi connectivity index (χ2n) is 5.45. The van der Waals surface area contributed by atoms with E-state index in [1.54, 1.807) is 16.4 Å². The van der Waals surface area contributed by atoms with Crippen molar-refractivity contribution < 1.29 is 8.42 Å². The molecule has 3 atom stereocenters. The Bertz CT molecular complexity index is 522. The van der Waals surface area contributed by atoms with Crippen LogP contribution in [0.5, 0.6) is 0 Å². The summed E-state index contributed by atoms with van der Waals surface area (Å²) in [5.74, 6) is 0. The maximum Gasteiger partial charge on any atom is 0.243 e. The van der Waals surface area contributed by atoms with Gasteiger partial charge in [0, 0.05) is 12.1 Å². The van der Waals surface area contributed by atoms with Crippen molar-refractivity contribution in [2.45, 2.75) is 63.4 Å². The first kappa shape index (κ1) is 14.5. The summed E-state index contributed by atoms with van der Waals surface area (Å²) in [5.41, 5.74) is 1.08. The topological polar surface area (TPSA) is 37.1 Å². The highest BCUT2D eigenvalue weighted by molar-refractivity contribution is 7.89. The fourth-order valence-electron chi connectivity index (χ4n) is 2.58. The number of benzene rings is 1. The van der Waals surface area contributed by atoms with Crippen LogP contribution in [-0.2, 0) is 10.0 Å². The largest absolute Gasteiger partial charge is 0.243 e. The van der Waals surface area contributed by atoms with Crippen LogP contribution in [0.2, 0.25) is 0 Å². The fourth-order valence-corrected chi connectivity index (χ4v) is 4.47. The minimum atomic E-state index is -3.28. The SMILES string of the molecule is CCCCCC1C(C)N1S(=O)(=O)c1ccc(C)cc1. The Morgan fingerprint density at radius 3 is 2.37 bits per heavy atom. The molecular weight excluding hydrogens is 258 g/mol. The second kappa shape index (κ2) is 5.63. The Hall–Kier alpha value is -0.870. The molecule has 0 N–H and O–H groups in total. The number of hydrogen-bond donors (Lipinski definition) is 0. The number of unbranched alkanes of at least 4 members (excludes halogenated alkanes) is 2. The smallest absolute Gasteiger partial charge is 0.207 e. The van der Waals surface area contributed by atoms with Crippen LogP contribution in [0.3, 0.4) is 0 Å². The van der Waals surface area contributed by atoms with Crippen LogP contribution in [-0.4, -0.2) is 24.8 Å². The molecule has 106 valence electrons. The zero-order valence-electron chi connectivity index (χ0n) is 12.0. The first-order valence-electron chi connectivity index (χ1n) is 7.08. The molecule has 1 saturated heterocycles. The number of hydrogen-bond acceptors (Lipinski definition) is 2. The van der Waals surface area contributed by atoms with Crippen LogP contribution < -0.4 is 0 Å². The first-order chi connectivity index (χ1) is 8.98. The maximum atomic E-state index is 12.5. The summed E-state index contributed by atoms with van der Waals surface area (Å²) >= 11 is 0. The van der Waals surface area contributed by atoms with E-state index in [-0.39, 0.29) is 12.1 Å². The lowest BCUT2D eigenvalue weighted by Gasteiger charge is -2.07. The van der Waals surface area contributed by atoms with Crippen molar-refractivity contribution in [3.05, 3.63) is 29.8 Å². The third-order valence-electron chi connectivity index (χ3n) is 3.90. The van der Waals surface area contributed by atoms with Crippen LogP contribution in [0.1, 0.15) is 45.1 Å². The van der Waals surface area contributed by atoms with Crippen molar-refractivity contribution in [1.29, 1.82) is 0 Å². The molecule has 3 nitrogen and oxygen atoms in total. The van der Waals surface area contributed by atoms with Gasteiger partial charge in [0.05, 0.1) is 4.90 Å². The van der Waals surface area contributed by atoms with Gasteiger partial charge in [0.1, 0.15) is 0 Å². The van der Waals surface area contributed by atoms with Gasteiger partial charge < -0.3 is 0 Å². The third-order valence-corrected chi connectivity index (χ3v) is 5.92. The molecule has 19 heavy (non-hydrogen) atoms. The van der Waals surface area contributed by atoms with E-state index in [2.05, 4.69) is 6.92 Å². The molecule has 4 heteroatoms. The first-order valence-corrected chi connectivity index (χ1v) is 8.52. The van der Waals surface area contributed by atoms with Crippen LogP contribution in [0.25, 0.3) is 0 Å². The van der Waals surface area contributed by atoms with E-state index in [0.29, 0.717) is 4.90 Å². The van der Waals surface area contributed by atoms with E-state index in [1.807, 2.05) is 26.0 Å². The van der Waals surface area contributed by atoms with Crippen LogP contribution in [0.4, 0.5) is 0 Å². The molecule has 3 unspecified atom stereocenters. The molecular formula is C15H23NO2S. The molecule has 0 radical (unpaired) electrons. The fraction of sp³-hybridized carbons (Fsp3) is 0.600. The van der Waals surface area contributed by atoms with Crippen LogP contribution in [0, 0.1) is 6.92 Å². The van der Waals surface area contributed by atoms with Gasteiger partial charge in [0.2, 0.25) is 10.0 Å². The van der Waals surface area contributed by atoms with E-state index in [4.69, 9.17) is 0 Å². The lowest BCUT2D eigenvalue weighted by molar-refractivity contribution is 0.537. The molecule has 0 bridgehead atoms. The molecule has 0 saturated carbocycles. The van der Waals surface area contributed by atoms with Gasteiger partial charge in [0.25, 0.3) is 0 Å². The molecule has 2 rings (SSSR count). The van der Waals surface area contributed by atoms with E-state index in [1.165, 1.54) is 12.8 Å². The van der Waals surface area contributed by atoms with Crippen molar-refractivity contribution in [3.8, 4) is 0 Å². The Kier molecular flexibility index (Phi) is 4.31. The summed E-state index contributed by atoms with van der Waals surface area (Å²) in [6.45, 7) is 6.13. The van der Waals surface area contributed by atoms with Crippen molar-refractivity contribution in [2.75, 3.05) is 0 Å². The van der Waals surface area contributed by atoms with Gasteiger partial charge in [-0.25, -0.2) is 8.42 Å². The predicted molar refractivity (Wildman–Crippen MR) is 77.6 cm³/mol. The minimum Gasteiger partial charge on any atom is -0.207 e. The molecule has 1 aromatic rings. The Balaban J connectivity index is 2.07. The van der Waals surface area contributed by atoms with Gasteiger partial charge >= 0.3 is 0 Å². The zero-order valence-corrected chi connectivity index (χ0v) is 12.8. The van der Waals surface area contributed by atoms with Gasteiger partial charge in [-0.05, 0) is 32.4 Å². The average Bonchev–Trinajstić information content (AvgIpc) is 3.02. The highest BCUT2D eigenvalue weighted by Gasteiger charge is 2.51. The molecule has 1 aliphatic heterocycles. The highest BCUT2D eigenvalue weighted by Crippen LogP contribution is 2.38. The monoisotopic (exact) mass is 281 g/mol. The summed E-state index contributed by atoms with van der Waals surface area (Å²) in [6.07, 6.45) is 4.46. The Labute approximate surface area is 116 Å². The Morgan fingerprint density at radius 1 is 1.16 bits per heavy atom. The van der Waals surface area contributed by atoms with Crippen molar-refractivity contribution >= 4 is 10.0 Å². The Morgan fingerprint density at radius 2 is 1.79 bits per heavy atom. The minimum absolute atomic E-state index is 0.156. The van der Waals surface area contributed by atoms with E-state index < -0.39 is 10.0 Å². The second-order valence-corrected chi connectivity index (χ2v) is 7.29. The van der Waals surface area contributed by atoms with Crippen molar-refractivity contribution in [3.63, 3.8) is 0 Å². The summed E-state index contributed by atoms with van der Waals surface area (Å²) in [5, 5.41) is 0. The number of sulfonamides is 1. The van der Waals surface area contributed by atoms with Gasteiger partial charge in [-0.3, -0.25) is 0 Å². The molecule has 1 aliphatic rings. The predicted octanol–water partition coefficient (Wildman–Crippen LogP) is 3.34. The lowest BCUT2D eigenvalue weighted by atomic mass is 10.1. The van der Waals surface area contributed by atoms with E-state index >= 15 is 0 Å². The number of aryl methyl sites for hydroxylation is 1. The average molecular weight is 281 g/mol. The number of nitrogens with zero attached hydrogens (tertiary/aromatic N) is 1. The van der Waals surface area contributed by atoms with Crippen molar-refractivity contribution in [2.24, 2.45) is 0 Å². The van der Waals surface area contributed by atoms with Gasteiger partial charge in [0.15, 0.2) is 0 Å². The van der Waals surface area contributed by atoms with Crippen LogP contribution >= 0.6 is 0 Å². The van der Waals surface area contributed by atoms with E-state index in [9.17, 15) is 8.42 Å². The van der Waals surface area contributed by atoms with Gasteiger partial charge in [-0.1, -0.05) is 43.9 Å². The van der Waals surface area contributed by atoms with Crippen molar-refractivity contribution in [1.82, 2.24) is 4.31 Å². The third kappa shape index (κ3) is 3.00. The van der Waals surface area contributed by atoms with Crippen LogP contribution in [0.15, 0.2) is 29.2 Å². The van der Waals surface area contributed by atoms with Gasteiger partial charge in [-0.2, -0.15) is 4.31 Å². The normalized spacial score (nSPS) is 26.4. The quantitative estimate of drug-likeness (QED) is 0.592. The lowest BCUT2D eigenvalue weighted by Crippen LogP contribution is -2.15. The molecule has 1 heterocycles. The summed E-state index contributed by atoms with van der Waals surface area (Å²) < 4.78 is 26.6. The van der Waals surface area contributed by atoms with E-state index in [0.717, 1.165) is 18.4 Å². The maximum absolute atomic E-state index is 12.5. The summed E-state index contributed by atoms with van der Waals surface area (Å²) in [4.78, 5) is 0.419. The molecule has 0 amide bonds. The highest BCUT2D eigenvalue weighted by atomic mass is 32.2. The summed E-state index contributed by atoms with van der Waals surface area (Å²) in [7, 11) is -3.28. The molecule has 0 aromatic heterocycles. The molecule has 0 spiro atoms. The molecule has 0 aliphatic carbocycles. The zero-order chi connectivity index (χ0) is 14.0. The van der Waals surface area contributed by atoms with Gasteiger partial charge in [-0.15, -0.1) is 0 Å². The number of rotatable bonds is 6. The summed E-state index contributed by atoms with van der Waals surface area (Å²) in [6, 6.07) is 7.48. The standard InChI is InChI=1S/C15H23NO2S/c1-4-5-6-7-15-13(3)16(15)19(17,18)14-10-8-12(2)9-11-14/h8-11,13,15H,4-7H2,1-3H3. The molecule has 1 fully saturated rings. The molecule has 1 aromatic carbocycles.